The maximum Gasteiger partial charge on any atom is 0.141 e. The molecule has 6 aromatic carbocycles. The van der Waals surface area contributed by atoms with E-state index in [0.717, 1.165) is 56.4 Å². The standard InChI is InChI=1S/C42H32N4.C4H5N3/c43-41-39(31-21-25-37(26-22-31)45(33-13-5-1-6-14-33)34-15-7-2-8-16-34)29-30-40(42(41)44)32-23-27-38(28-24-32)46(35-17-9-3-10-18-35)36-19-11-4-12-20-36;5-4-3-6-1-2-7-4/h1-30,43-44H;1-3H,(H2,5,7). The van der Waals surface area contributed by atoms with Gasteiger partial charge in [0.2, 0.25) is 0 Å². The smallest absolute Gasteiger partial charge is 0.141 e. The van der Waals surface area contributed by atoms with Gasteiger partial charge in [0.15, 0.2) is 0 Å². The van der Waals surface area contributed by atoms with E-state index in [4.69, 9.17) is 16.6 Å². The Labute approximate surface area is 309 Å². The van der Waals surface area contributed by atoms with E-state index in [0.29, 0.717) is 5.82 Å². The monoisotopic (exact) mass is 687 g/mol. The maximum absolute atomic E-state index is 8.96. The highest BCUT2D eigenvalue weighted by atomic mass is 15.1. The fourth-order valence-electron chi connectivity index (χ4n) is 6.18. The van der Waals surface area contributed by atoms with Crippen LogP contribution in [0, 0.1) is 10.8 Å². The highest BCUT2D eigenvalue weighted by Crippen LogP contribution is 2.37. The molecule has 7 aromatic rings. The molecule has 53 heavy (non-hydrogen) atoms. The highest BCUT2D eigenvalue weighted by Gasteiger charge is 2.22. The lowest BCUT2D eigenvalue weighted by atomic mass is 9.86. The maximum atomic E-state index is 8.96. The third kappa shape index (κ3) is 7.85. The number of nitrogen functional groups attached to an aromatic ring is 1. The number of nitrogens with one attached hydrogen (secondary N) is 2. The van der Waals surface area contributed by atoms with Crippen LogP contribution >= 0.6 is 0 Å². The van der Waals surface area contributed by atoms with Crippen molar-refractivity contribution < 1.29 is 0 Å². The summed E-state index contributed by atoms with van der Waals surface area (Å²) in [5.74, 6) is 0.461. The second kappa shape index (κ2) is 16.1. The van der Waals surface area contributed by atoms with Crippen LogP contribution in [0.15, 0.2) is 201 Å². The lowest BCUT2D eigenvalue weighted by Gasteiger charge is -2.26. The van der Waals surface area contributed by atoms with Crippen molar-refractivity contribution in [2.24, 2.45) is 0 Å². The molecule has 1 heterocycles. The van der Waals surface area contributed by atoms with Crippen LogP contribution in [0.25, 0.3) is 11.1 Å². The fourth-order valence-corrected chi connectivity index (χ4v) is 6.18. The van der Waals surface area contributed by atoms with Crippen LogP contribution in [0.4, 0.5) is 39.9 Å². The third-order valence-corrected chi connectivity index (χ3v) is 8.72. The number of rotatable bonds is 8. The molecule has 0 saturated heterocycles. The van der Waals surface area contributed by atoms with E-state index < -0.39 is 0 Å². The molecule has 0 unspecified atom stereocenters. The number of hydrogen-bond donors (Lipinski definition) is 3. The van der Waals surface area contributed by atoms with Crippen LogP contribution in [0.2, 0.25) is 0 Å². The first-order valence-electron chi connectivity index (χ1n) is 17.2. The van der Waals surface area contributed by atoms with Gasteiger partial charge in [-0.15, -0.1) is 0 Å². The molecule has 0 spiro atoms. The Kier molecular flexibility index (Phi) is 10.4. The van der Waals surface area contributed by atoms with Crippen molar-refractivity contribution in [3.05, 3.63) is 212 Å². The molecule has 0 bridgehead atoms. The molecule has 0 atom stereocenters. The molecule has 1 aliphatic rings. The minimum atomic E-state index is 0.215. The van der Waals surface area contributed by atoms with E-state index >= 15 is 0 Å². The van der Waals surface area contributed by atoms with Crippen molar-refractivity contribution in [1.29, 1.82) is 10.8 Å². The average Bonchev–Trinajstić information content (AvgIpc) is 3.22. The number of benzene rings is 6. The van der Waals surface area contributed by atoms with Crippen LogP contribution in [-0.4, -0.2) is 21.4 Å². The first kappa shape index (κ1) is 34.1. The summed E-state index contributed by atoms with van der Waals surface area (Å²) in [5, 5.41) is 17.9. The first-order chi connectivity index (χ1) is 26.1. The van der Waals surface area contributed by atoms with Gasteiger partial charge in [-0.25, -0.2) is 4.98 Å². The summed E-state index contributed by atoms with van der Waals surface area (Å²) in [7, 11) is 0. The van der Waals surface area contributed by atoms with Gasteiger partial charge in [-0.1, -0.05) is 109 Å². The number of nitrogens with two attached hydrogens (primary N) is 1. The second-order valence-electron chi connectivity index (χ2n) is 12.1. The Morgan fingerprint density at radius 2 is 0.717 bits per heavy atom. The molecule has 1 aliphatic carbocycles. The summed E-state index contributed by atoms with van der Waals surface area (Å²) in [5.41, 5.74) is 15.2. The van der Waals surface area contributed by atoms with Gasteiger partial charge >= 0.3 is 0 Å². The van der Waals surface area contributed by atoms with E-state index in [-0.39, 0.29) is 11.4 Å². The molecule has 7 heteroatoms. The lowest BCUT2D eigenvalue weighted by Crippen LogP contribution is -2.19. The predicted octanol–water partition coefficient (Wildman–Crippen LogP) is 11.2. The molecule has 4 N–H and O–H groups in total. The molecule has 8 rings (SSSR count). The predicted molar refractivity (Wildman–Crippen MR) is 220 cm³/mol. The van der Waals surface area contributed by atoms with E-state index in [1.54, 1.807) is 12.4 Å². The Morgan fingerprint density at radius 1 is 0.396 bits per heavy atom. The largest absolute Gasteiger partial charge is 0.382 e. The summed E-state index contributed by atoms with van der Waals surface area (Å²) in [6.07, 6.45) is 8.56. The fraction of sp³-hybridized carbons (Fsp3) is 0. The summed E-state index contributed by atoms with van der Waals surface area (Å²) >= 11 is 0. The van der Waals surface area contributed by atoms with E-state index in [9.17, 15) is 0 Å². The summed E-state index contributed by atoms with van der Waals surface area (Å²) in [6.45, 7) is 0. The van der Waals surface area contributed by atoms with Crippen molar-refractivity contribution >= 4 is 62.5 Å². The second-order valence-corrected chi connectivity index (χ2v) is 12.1. The normalized spacial score (nSPS) is 12.2. The molecule has 0 fully saturated rings. The van der Waals surface area contributed by atoms with Gasteiger partial charge < -0.3 is 15.5 Å². The zero-order valence-corrected chi connectivity index (χ0v) is 28.9. The molecule has 0 radical (unpaired) electrons. The third-order valence-electron chi connectivity index (χ3n) is 8.72. The van der Waals surface area contributed by atoms with Crippen LogP contribution in [0.1, 0.15) is 11.1 Å². The van der Waals surface area contributed by atoms with Gasteiger partial charge in [0.05, 0.1) is 17.6 Å². The summed E-state index contributed by atoms with van der Waals surface area (Å²) < 4.78 is 0. The van der Waals surface area contributed by atoms with Gasteiger partial charge in [0, 0.05) is 57.7 Å². The molecule has 256 valence electrons. The van der Waals surface area contributed by atoms with Crippen molar-refractivity contribution in [3.63, 3.8) is 0 Å². The van der Waals surface area contributed by atoms with Gasteiger partial charge in [-0.2, -0.15) is 0 Å². The van der Waals surface area contributed by atoms with Crippen molar-refractivity contribution in [1.82, 2.24) is 9.97 Å². The van der Waals surface area contributed by atoms with Crippen molar-refractivity contribution in [2.45, 2.75) is 0 Å². The molecule has 0 aliphatic heterocycles. The van der Waals surface area contributed by atoms with E-state index in [2.05, 4.69) is 92.6 Å². The quantitative estimate of drug-likeness (QED) is 0.138. The number of nitrogens with zero attached hydrogens (tertiary/aromatic N) is 4. The highest BCUT2D eigenvalue weighted by molar-refractivity contribution is 6.68. The summed E-state index contributed by atoms with van der Waals surface area (Å²) in [6, 6.07) is 57.7. The minimum Gasteiger partial charge on any atom is -0.382 e. The zero-order valence-electron chi connectivity index (χ0n) is 28.9. The number of hydrogen-bond acceptors (Lipinski definition) is 7. The first-order valence-corrected chi connectivity index (χ1v) is 17.2. The number of para-hydroxylation sites is 4. The topological polar surface area (TPSA) is 106 Å². The Balaban J connectivity index is 0.000000559. The average molecular weight is 688 g/mol. The number of allylic oxidation sites excluding steroid dienone is 4. The van der Waals surface area contributed by atoms with E-state index in [1.165, 1.54) is 6.20 Å². The van der Waals surface area contributed by atoms with Crippen LogP contribution < -0.4 is 15.5 Å². The van der Waals surface area contributed by atoms with Crippen LogP contribution in [-0.2, 0) is 0 Å². The number of anilines is 7. The van der Waals surface area contributed by atoms with Gasteiger partial charge in [-0.05, 0) is 83.9 Å². The van der Waals surface area contributed by atoms with Crippen molar-refractivity contribution in [2.75, 3.05) is 15.5 Å². The molecule has 0 saturated carbocycles. The van der Waals surface area contributed by atoms with Crippen LogP contribution in [0.5, 0.6) is 0 Å². The minimum absolute atomic E-state index is 0.215. The molecular weight excluding hydrogens is 651 g/mol. The Morgan fingerprint density at radius 3 is 0.981 bits per heavy atom. The zero-order chi connectivity index (χ0) is 36.4. The van der Waals surface area contributed by atoms with Crippen LogP contribution in [0.3, 0.4) is 0 Å². The van der Waals surface area contributed by atoms with Gasteiger partial charge in [0.25, 0.3) is 0 Å². The van der Waals surface area contributed by atoms with Crippen molar-refractivity contribution in [3.8, 4) is 0 Å². The molecule has 1 aromatic heterocycles. The molecule has 7 nitrogen and oxygen atoms in total. The SMILES string of the molecule is N=C1C(=N)C(c2ccc(N(c3ccccc3)c3ccccc3)cc2)=CC=C1c1ccc(N(c2ccccc2)c2ccccc2)cc1.Nc1cnccn1. The lowest BCUT2D eigenvalue weighted by molar-refractivity contribution is 1.21. The Bertz CT molecular complexity index is 2110. The molecule has 0 amide bonds. The molecular formula is C46H37N7. The summed E-state index contributed by atoms with van der Waals surface area (Å²) in [4.78, 5) is 11.8. The van der Waals surface area contributed by atoms with Gasteiger partial charge in [0.1, 0.15) is 5.82 Å². The number of aromatic nitrogens is 2. The Hall–Kier alpha value is -7.38. The van der Waals surface area contributed by atoms with Gasteiger partial charge in [-0.3, -0.25) is 15.8 Å². The van der Waals surface area contributed by atoms with E-state index in [1.807, 2.05) is 109 Å².